The van der Waals surface area contributed by atoms with E-state index >= 15 is 0 Å². The van der Waals surface area contributed by atoms with Gasteiger partial charge >= 0.3 is 5.97 Å². The van der Waals surface area contributed by atoms with Gasteiger partial charge in [0, 0.05) is 28.5 Å². The van der Waals surface area contributed by atoms with Gasteiger partial charge in [0.2, 0.25) is 6.79 Å². The predicted molar refractivity (Wildman–Crippen MR) is 150 cm³/mol. The summed E-state index contributed by atoms with van der Waals surface area (Å²) in [5.74, 6) is -0.0331. The molecule has 4 aromatic carbocycles. The molecular weight excluding hydrogens is 510 g/mol. The van der Waals surface area contributed by atoms with Crippen molar-refractivity contribution in [3.8, 4) is 17.2 Å². The average Bonchev–Trinajstić information content (AvgIpc) is 3.46. The first-order valence-electron chi connectivity index (χ1n) is 12.2. The maximum absolute atomic E-state index is 12.7. The van der Waals surface area contributed by atoms with Crippen LogP contribution in [0.25, 0.3) is 6.08 Å². The van der Waals surface area contributed by atoms with Gasteiger partial charge in [0.1, 0.15) is 5.75 Å². The molecule has 1 heterocycles. The van der Waals surface area contributed by atoms with Gasteiger partial charge in [0.25, 0.3) is 11.8 Å². The topological polar surface area (TPSA) is 115 Å². The van der Waals surface area contributed by atoms with Crippen LogP contribution in [0.3, 0.4) is 0 Å². The largest absolute Gasteiger partial charge is 0.454 e. The first-order chi connectivity index (χ1) is 19.5. The molecule has 0 unspecified atom stereocenters. The zero-order valence-electron chi connectivity index (χ0n) is 21.1. The molecule has 9 heteroatoms. The van der Waals surface area contributed by atoms with Crippen molar-refractivity contribution < 1.29 is 28.6 Å². The minimum Gasteiger partial charge on any atom is -0.454 e. The summed E-state index contributed by atoms with van der Waals surface area (Å²) in [7, 11) is 0. The highest BCUT2D eigenvalue weighted by Crippen LogP contribution is 2.32. The molecule has 0 spiro atoms. The third-order valence-corrected chi connectivity index (χ3v) is 5.73. The van der Waals surface area contributed by atoms with Crippen LogP contribution in [-0.4, -0.2) is 30.8 Å². The van der Waals surface area contributed by atoms with Crippen molar-refractivity contribution in [3.05, 3.63) is 125 Å². The number of benzene rings is 4. The Morgan fingerprint density at radius 1 is 0.775 bits per heavy atom. The smallest absolute Gasteiger partial charge is 0.336 e. The second kappa shape index (κ2) is 12.2. The summed E-state index contributed by atoms with van der Waals surface area (Å²) >= 11 is 0. The minimum atomic E-state index is -0.548. The van der Waals surface area contributed by atoms with Crippen LogP contribution in [0.15, 0.2) is 108 Å². The standard InChI is InChI=1S/C31H23N3O6/c35-29(16-13-21-7-2-1-3-8-21)40-26-12-5-4-9-24(26)19-32-34-31(37)22-10-6-11-25(17-22)33-30(36)23-14-15-27-28(18-23)39-20-38-27/h1-19H,20H2,(H,33,36)(H,34,37)/b16-13+,32-19?. The molecule has 0 radical (unpaired) electrons. The number of hydrogen-bond donors (Lipinski definition) is 2. The summed E-state index contributed by atoms with van der Waals surface area (Å²) in [4.78, 5) is 37.7. The van der Waals surface area contributed by atoms with Crippen molar-refractivity contribution >= 4 is 35.8 Å². The number of carbonyl (C=O) groups excluding carboxylic acids is 3. The van der Waals surface area contributed by atoms with Crippen LogP contribution in [-0.2, 0) is 4.79 Å². The van der Waals surface area contributed by atoms with Crippen molar-refractivity contribution in [1.82, 2.24) is 5.43 Å². The van der Waals surface area contributed by atoms with Crippen LogP contribution in [0.2, 0.25) is 0 Å². The number of nitrogens with zero attached hydrogens (tertiary/aromatic N) is 1. The van der Waals surface area contributed by atoms with Crippen LogP contribution < -0.4 is 25.0 Å². The molecule has 0 bridgehead atoms. The normalized spacial score (nSPS) is 11.9. The molecule has 0 atom stereocenters. The lowest BCUT2D eigenvalue weighted by Gasteiger charge is -2.08. The third kappa shape index (κ3) is 6.59. The molecule has 4 aromatic rings. The predicted octanol–water partition coefficient (Wildman–Crippen LogP) is 5.05. The Hall–Kier alpha value is -5.70. The minimum absolute atomic E-state index is 0.114. The average molecular weight is 534 g/mol. The number of nitrogens with one attached hydrogen (secondary N) is 2. The number of rotatable bonds is 8. The Kier molecular flexibility index (Phi) is 7.93. The van der Waals surface area contributed by atoms with Gasteiger partial charge in [0.05, 0.1) is 6.21 Å². The van der Waals surface area contributed by atoms with Gasteiger partial charge in [0.15, 0.2) is 11.5 Å². The molecule has 5 rings (SSSR count). The van der Waals surface area contributed by atoms with Crippen LogP contribution in [0.4, 0.5) is 5.69 Å². The summed E-state index contributed by atoms with van der Waals surface area (Å²) in [6, 6.07) is 27.5. The fraction of sp³-hybridized carbons (Fsp3) is 0.0323. The van der Waals surface area contributed by atoms with E-state index in [0.717, 1.165) is 5.56 Å². The molecule has 1 aliphatic heterocycles. The number of anilines is 1. The Balaban J connectivity index is 1.19. The number of esters is 1. The zero-order chi connectivity index (χ0) is 27.7. The van der Waals surface area contributed by atoms with Crippen molar-refractivity contribution in [1.29, 1.82) is 0 Å². The molecule has 0 aliphatic carbocycles. The van der Waals surface area contributed by atoms with E-state index in [2.05, 4.69) is 15.8 Å². The fourth-order valence-corrected chi connectivity index (χ4v) is 3.76. The Morgan fingerprint density at radius 2 is 1.55 bits per heavy atom. The molecule has 0 aromatic heterocycles. The van der Waals surface area contributed by atoms with E-state index in [1.165, 1.54) is 18.4 Å². The lowest BCUT2D eigenvalue weighted by Crippen LogP contribution is -2.18. The van der Waals surface area contributed by atoms with Gasteiger partial charge < -0.3 is 19.5 Å². The van der Waals surface area contributed by atoms with Gasteiger partial charge in [-0.2, -0.15) is 5.10 Å². The first kappa shape index (κ1) is 25.9. The monoisotopic (exact) mass is 533 g/mol. The number of para-hydroxylation sites is 1. The molecule has 198 valence electrons. The molecule has 9 nitrogen and oxygen atoms in total. The van der Waals surface area contributed by atoms with Crippen LogP contribution in [0, 0.1) is 0 Å². The molecule has 40 heavy (non-hydrogen) atoms. The number of carbonyl (C=O) groups is 3. The van der Waals surface area contributed by atoms with Gasteiger partial charge in [-0.3, -0.25) is 9.59 Å². The second-order valence-electron chi connectivity index (χ2n) is 8.51. The molecular formula is C31H23N3O6. The highest BCUT2D eigenvalue weighted by atomic mass is 16.7. The van der Waals surface area contributed by atoms with Crippen molar-refractivity contribution in [3.63, 3.8) is 0 Å². The number of hydrogen-bond acceptors (Lipinski definition) is 7. The van der Waals surface area contributed by atoms with Crippen molar-refractivity contribution in [2.45, 2.75) is 0 Å². The Labute approximate surface area is 229 Å². The van der Waals surface area contributed by atoms with E-state index in [9.17, 15) is 14.4 Å². The van der Waals surface area contributed by atoms with Gasteiger partial charge in [-0.05, 0) is 60.2 Å². The number of hydrazone groups is 1. The summed E-state index contributed by atoms with van der Waals surface area (Å²) in [6.45, 7) is 0.114. The van der Waals surface area contributed by atoms with E-state index in [0.29, 0.717) is 28.3 Å². The SMILES string of the molecule is O=C(/C=C/c1ccccc1)Oc1ccccc1C=NNC(=O)c1cccc(NC(=O)c2ccc3c(c2)OCO3)c1. The van der Waals surface area contributed by atoms with Gasteiger partial charge in [-0.1, -0.05) is 48.5 Å². The van der Waals surface area contributed by atoms with E-state index in [-0.39, 0.29) is 24.0 Å². The van der Waals surface area contributed by atoms with Crippen LogP contribution >= 0.6 is 0 Å². The summed E-state index contributed by atoms with van der Waals surface area (Å²) in [5.41, 5.74) is 4.91. The highest BCUT2D eigenvalue weighted by molar-refractivity contribution is 6.05. The van der Waals surface area contributed by atoms with E-state index in [1.54, 1.807) is 66.7 Å². The first-order valence-corrected chi connectivity index (χ1v) is 12.2. The maximum atomic E-state index is 12.7. The zero-order valence-corrected chi connectivity index (χ0v) is 21.1. The van der Waals surface area contributed by atoms with Crippen molar-refractivity contribution in [2.24, 2.45) is 5.10 Å². The maximum Gasteiger partial charge on any atom is 0.336 e. The lowest BCUT2D eigenvalue weighted by atomic mass is 10.1. The molecule has 0 saturated heterocycles. The van der Waals surface area contributed by atoms with E-state index in [1.807, 2.05) is 30.3 Å². The number of fused-ring (bicyclic) bond motifs is 1. The number of amides is 2. The summed E-state index contributed by atoms with van der Waals surface area (Å²) in [5, 5.41) is 6.77. The highest BCUT2D eigenvalue weighted by Gasteiger charge is 2.16. The fourth-order valence-electron chi connectivity index (χ4n) is 3.76. The summed E-state index contributed by atoms with van der Waals surface area (Å²) in [6.07, 6.45) is 4.38. The quantitative estimate of drug-likeness (QED) is 0.108. The summed E-state index contributed by atoms with van der Waals surface area (Å²) < 4.78 is 16.0. The van der Waals surface area contributed by atoms with E-state index in [4.69, 9.17) is 14.2 Å². The van der Waals surface area contributed by atoms with Gasteiger partial charge in [-0.15, -0.1) is 0 Å². The molecule has 2 amide bonds. The second-order valence-corrected chi connectivity index (χ2v) is 8.51. The van der Waals surface area contributed by atoms with Crippen LogP contribution in [0.5, 0.6) is 17.2 Å². The van der Waals surface area contributed by atoms with E-state index < -0.39 is 11.9 Å². The number of ether oxygens (including phenoxy) is 3. The molecule has 1 aliphatic rings. The molecule has 0 saturated carbocycles. The Bertz CT molecular complexity index is 1610. The van der Waals surface area contributed by atoms with Gasteiger partial charge in [-0.25, -0.2) is 10.2 Å². The third-order valence-electron chi connectivity index (χ3n) is 5.73. The van der Waals surface area contributed by atoms with Crippen LogP contribution in [0.1, 0.15) is 31.8 Å². The molecule has 2 N–H and O–H groups in total. The molecule has 0 fully saturated rings. The Morgan fingerprint density at radius 3 is 2.42 bits per heavy atom. The lowest BCUT2D eigenvalue weighted by molar-refractivity contribution is -0.128. The van der Waals surface area contributed by atoms with Crippen molar-refractivity contribution in [2.75, 3.05) is 12.1 Å².